The van der Waals surface area contributed by atoms with E-state index in [0.717, 1.165) is 5.56 Å². The van der Waals surface area contributed by atoms with E-state index in [2.05, 4.69) is 10.6 Å². The lowest BCUT2D eigenvalue weighted by atomic mass is 10.1. The molecule has 0 bridgehead atoms. The molecule has 0 aliphatic carbocycles. The first-order valence-corrected chi connectivity index (χ1v) is 9.75. The van der Waals surface area contributed by atoms with Crippen LogP contribution in [0.2, 0.25) is 0 Å². The summed E-state index contributed by atoms with van der Waals surface area (Å²) in [5.74, 6) is -2.40. The van der Waals surface area contributed by atoms with Gasteiger partial charge in [0.1, 0.15) is 6.04 Å². The van der Waals surface area contributed by atoms with Gasteiger partial charge in [0.2, 0.25) is 5.91 Å². The van der Waals surface area contributed by atoms with Crippen LogP contribution in [0.3, 0.4) is 0 Å². The second-order valence-corrected chi connectivity index (χ2v) is 8.32. The summed E-state index contributed by atoms with van der Waals surface area (Å²) in [5, 5.41) is 16.4. The van der Waals surface area contributed by atoms with Gasteiger partial charge < -0.3 is 20.5 Å². The van der Waals surface area contributed by atoms with Crippen molar-refractivity contribution in [1.82, 2.24) is 0 Å². The number of hydrogen-bond acceptors (Lipinski definition) is 6. The van der Waals surface area contributed by atoms with Crippen LogP contribution in [0.15, 0.2) is 42.5 Å². The van der Waals surface area contributed by atoms with E-state index in [-0.39, 0.29) is 11.3 Å². The largest absolute Gasteiger partial charge is 0.545 e. The SMILES string of the molecule is Cc1ccccc1CS(=O)(=O)CC1Nc2cc(C(=O)[O-])ccc2NC1=O. The van der Waals surface area contributed by atoms with E-state index in [0.29, 0.717) is 16.9 Å². The minimum atomic E-state index is -3.57. The third-order valence-corrected chi connectivity index (χ3v) is 5.81. The zero-order valence-corrected chi connectivity index (χ0v) is 14.8. The van der Waals surface area contributed by atoms with Gasteiger partial charge in [0.15, 0.2) is 9.84 Å². The molecule has 0 radical (unpaired) electrons. The van der Waals surface area contributed by atoms with Crippen LogP contribution < -0.4 is 15.7 Å². The molecule has 1 aliphatic rings. The molecule has 0 fully saturated rings. The molecule has 2 aromatic rings. The molecular formula is C18H17N2O5S-. The Kier molecular flexibility index (Phi) is 4.69. The lowest BCUT2D eigenvalue weighted by molar-refractivity contribution is -0.255. The average Bonchev–Trinajstić information content (AvgIpc) is 2.56. The van der Waals surface area contributed by atoms with Gasteiger partial charge in [0.05, 0.1) is 28.8 Å². The average molecular weight is 373 g/mol. The summed E-state index contributed by atoms with van der Waals surface area (Å²) >= 11 is 0. The van der Waals surface area contributed by atoms with E-state index in [1.165, 1.54) is 18.2 Å². The highest BCUT2D eigenvalue weighted by Crippen LogP contribution is 2.28. The Bertz CT molecular complexity index is 985. The molecule has 0 saturated heterocycles. The third kappa shape index (κ3) is 3.85. The molecule has 0 saturated carbocycles. The van der Waals surface area contributed by atoms with E-state index in [1.54, 1.807) is 12.1 Å². The third-order valence-electron chi connectivity index (χ3n) is 4.22. The van der Waals surface area contributed by atoms with Crippen molar-refractivity contribution in [2.45, 2.75) is 18.7 Å². The highest BCUT2D eigenvalue weighted by Gasteiger charge is 2.30. The van der Waals surface area contributed by atoms with Crippen molar-refractivity contribution in [1.29, 1.82) is 0 Å². The predicted octanol–water partition coefficient (Wildman–Crippen LogP) is 0.706. The lowest BCUT2D eigenvalue weighted by Crippen LogP contribution is -2.43. The Labute approximate surface area is 151 Å². The van der Waals surface area contributed by atoms with Crippen molar-refractivity contribution >= 4 is 33.1 Å². The van der Waals surface area contributed by atoms with Gasteiger partial charge in [0, 0.05) is 0 Å². The maximum Gasteiger partial charge on any atom is 0.247 e. The zero-order valence-electron chi connectivity index (χ0n) is 14.0. The highest BCUT2D eigenvalue weighted by atomic mass is 32.2. The van der Waals surface area contributed by atoms with Crippen molar-refractivity contribution in [3.63, 3.8) is 0 Å². The van der Waals surface area contributed by atoms with Crippen LogP contribution >= 0.6 is 0 Å². The summed E-state index contributed by atoms with van der Waals surface area (Å²) in [6.45, 7) is 1.83. The molecule has 1 amide bonds. The van der Waals surface area contributed by atoms with Crippen molar-refractivity contribution in [2.75, 3.05) is 16.4 Å². The van der Waals surface area contributed by atoms with E-state index >= 15 is 0 Å². The molecule has 1 atom stereocenters. The molecule has 0 aromatic heterocycles. The van der Waals surface area contributed by atoms with Crippen LogP contribution in [0, 0.1) is 6.92 Å². The first kappa shape index (κ1) is 17.9. The van der Waals surface area contributed by atoms with Gasteiger partial charge in [-0.2, -0.15) is 0 Å². The minimum Gasteiger partial charge on any atom is -0.545 e. The van der Waals surface area contributed by atoms with Crippen LogP contribution in [-0.4, -0.2) is 32.1 Å². The van der Waals surface area contributed by atoms with E-state index in [9.17, 15) is 23.1 Å². The van der Waals surface area contributed by atoms with Gasteiger partial charge in [-0.05, 0) is 35.7 Å². The Balaban J connectivity index is 1.79. The van der Waals surface area contributed by atoms with Crippen LogP contribution in [0.25, 0.3) is 0 Å². The monoisotopic (exact) mass is 373 g/mol. The molecule has 3 rings (SSSR count). The standard InChI is InChI=1S/C18H18N2O5S/c1-11-4-2-3-5-13(11)9-26(24,25)10-16-17(21)20-14-7-6-12(18(22)23)8-15(14)19-16/h2-8,16,19H,9-10H2,1H3,(H,20,21)(H,22,23)/p-1. The maximum absolute atomic E-state index is 12.5. The number of aryl methyl sites for hydroxylation is 1. The Hall–Kier alpha value is -2.87. The number of sulfone groups is 1. The number of amides is 1. The Morgan fingerprint density at radius 2 is 1.88 bits per heavy atom. The summed E-state index contributed by atoms with van der Waals surface area (Å²) in [7, 11) is -3.57. The molecule has 2 aromatic carbocycles. The maximum atomic E-state index is 12.5. The summed E-state index contributed by atoms with van der Waals surface area (Å²) in [5.41, 5.74) is 2.23. The minimum absolute atomic E-state index is 0.0612. The first-order chi connectivity index (χ1) is 12.2. The fourth-order valence-electron chi connectivity index (χ4n) is 2.81. The van der Waals surface area contributed by atoms with Gasteiger partial charge in [-0.3, -0.25) is 4.79 Å². The van der Waals surface area contributed by atoms with Crippen molar-refractivity contribution < 1.29 is 23.1 Å². The molecule has 0 spiro atoms. The van der Waals surface area contributed by atoms with Crippen molar-refractivity contribution in [3.05, 3.63) is 59.2 Å². The van der Waals surface area contributed by atoms with E-state index < -0.39 is 33.5 Å². The number of hydrogen-bond donors (Lipinski definition) is 2. The van der Waals surface area contributed by atoms with Gasteiger partial charge in [-0.25, -0.2) is 8.42 Å². The van der Waals surface area contributed by atoms with Crippen molar-refractivity contribution in [2.24, 2.45) is 0 Å². The number of anilines is 2. The number of nitrogens with one attached hydrogen (secondary N) is 2. The van der Waals surface area contributed by atoms with Crippen LogP contribution in [0.4, 0.5) is 11.4 Å². The summed E-state index contributed by atoms with van der Waals surface area (Å²) < 4.78 is 25.1. The fourth-order valence-corrected chi connectivity index (χ4v) is 4.47. The summed E-state index contributed by atoms with van der Waals surface area (Å²) in [6, 6.07) is 10.2. The molecule has 2 N–H and O–H groups in total. The molecule has 136 valence electrons. The van der Waals surface area contributed by atoms with Crippen LogP contribution in [0.5, 0.6) is 0 Å². The Morgan fingerprint density at radius 3 is 2.58 bits per heavy atom. The summed E-state index contributed by atoms with van der Waals surface area (Å²) in [6.07, 6.45) is 0. The van der Waals surface area contributed by atoms with Crippen LogP contribution in [0.1, 0.15) is 21.5 Å². The molecule has 1 heterocycles. The number of benzene rings is 2. The van der Waals surface area contributed by atoms with Crippen molar-refractivity contribution in [3.8, 4) is 0 Å². The molecule has 8 heteroatoms. The number of rotatable bonds is 5. The topological polar surface area (TPSA) is 115 Å². The quantitative estimate of drug-likeness (QED) is 0.797. The van der Waals surface area contributed by atoms with E-state index in [4.69, 9.17) is 0 Å². The number of carboxylic acid groups (broad SMARTS) is 1. The number of carboxylic acids is 1. The molecule has 26 heavy (non-hydrogen) atoms. The molecular weight excluding hydrogens is 356 g/mol. The summed E-state index contributed by atoms with van der Waals surface area (Å²) in [4.78, 5) is 23.2. The molecule has 7 nitrogen and oxygen atoms in total. The Morgan fingerprint density at radius 1 is 1.15 bits per heavy atom. The second-order valence-electron chi connectivity index (χ2n) is 6.22. The number of aromatic carboxylic acids is 1. The second kappa shape index (κ2) is 6.80. The molecule has 1 aliphatic heterocycles. The van der Waals surface area contributed by atoms with Gasteiger partial charge in [0.25, 0.3) is 0 Å². The molecule has 1 unspecified atom stereocenters. The fraction of sp³-hybridized carbons (Fsp3) is 0.222. The predicted molar refractivity (Wildman–Crippen MR) is 95.5 cm³/mol. The zero-order chi connectivity index (χ0) is 18.9. The smallest absolute Gasteiger partial charge is 0.247 e. The van der Waals surface area contributed by atoms with Gasteiger partial charge >= 0.3 is 0 Å². The first-order valence-electron chi connectivity index (χ1n) is 7.93. The van der Waals surface area contributed by atoms with E-state index in [1.807, 2.05) is 19.1 Å². The van der Waals surface area contributed by atoms with Gasteiger partial charge in [-0.1, -0.05) is 30.3 Å². The highest BCUT2D eigenvalue weighted by molar-refractivity contribution is 7.90. The van der Waals surface area contributed by atoms with Gasteiger partial charge in [-0.15, -0.1) is 0 Å². The van der Waals surface area contributed by atoms with Crippen LogP contribution in [-0.2, 0) is 20.4 Å². The lowest BCUT2D eigenvalue weighted by Gasteiger charge is -2.27. The normalized spacial score (nSPS) is 16.3. The number of carbonyl (C=O) groups excluding carboxylic acids is 2. The number of fused-ring (bicyclic) bond motifs is 1. The number of carbonyl (C=O) groups is 2.